The maximum absolute atomic E-state index is 12.5. The van der Waals surface area contributed by atoms with Gasteiger partial charge >= 0.3 is 0 Å². The molecule has 0 spiro atoms. The van der Waals surface area contributed by atoms with Gasteiger partial charge in [0.25, 0.3) is 0 Å². The van der Waals surface area contributed by atoms with E-state index < -0.39 is 0 Å². The van der Waals surface area contributed by atoms with Crippen molar-refractivity contribution in [2.75, 3.05) is 6.61 Å². The SMILES string of the molecule is Cn1cc([C@H]2OCCC[C@@H]2NC(=O)C2=CCCCCC2)cn1. The van der Waals surface area contributed by atoms with Crippen LogP contribution in [0.3, 0.4) is 0 Å². The number of carbonyl (C=O) groups is 1. The zero-order valence-electron chi connectivity index (χ0n) is 13.3. The monoisotopic (exact) mass is 303 g/mol. The molecule has 0 bridgehead atoms. The Morgan fingerprint density at radius 2 is 2.27 bits per heavy atom. The van der Waals surface area contributed by atoms with Crippen LogP contribution in [0.1, 0.15) is 56.6 Å². The highest BCUT2D eigenvalue weighted by Gasteiger charge is 2.30. The first-order valence-corrected chi connectivity index (χ1v) is 8.34. The number of amides is 1. The molecule has 0 radical (unpaired) electrons. The summed E-state index contributed by atoms with van der Waals surface area (Å²) in [5, 5.41) is 7.43. The Hall–Kier alpha value is -1.62. The number of aromatic nitrogens is 2. The van der Waals surface area contributed by atoms with Crippen molar-refractivity contribution in [2.45, 2.75) is 57.1 Å². The Labute approximate surface area is 131 Å². The van der Waals surface area contributed by atoms with Crippen molar-refractivity contribution in [3.8, 4) is 0 Å². The summed E-state index contributed by atoms with van der Waals surface area (Å²) in [5.41, 5.74) is 2.00. The number of hydrogen-bond acceptors (Lipinski definition) is 3. The third kappa shape index (κ3) is 3.58. The predicted octanol–water partition coefficient (Wildman–Crippen LogP) is 2.65. The highest BCUT2D eigenvalue weighted by molar-refractivity contribution is 5.93. The van der Waals surface area contributed by atoms with Crippen molar-refractivity contribution in [1.29, 1.82) is 0 Å². The van der Waals surface area contributed by atoms with Gasteiger partial charge in [-0.3, -0.25) is 9.48 Å². The summed E-state index contributed by atoms with van der Waals surface area (Å²) in [4.78, 5) is 12.5. The van der Waals surface area contributed by atoms with Crippen LogP contribution in [0.4, 0.5) is 0 Å². The molecular formula is C17H25N3O2. The standard InChI is InChI=1S/C17H25N3O2/c1-20-12-14(11-18-20)16-15(9-6-10-22-16)19-17(21)13-7-4-2-3-5-8-13/h7,11-12,15-16H,2-6,8-10H2,1H3,(H,19,21)/t15-,16+/m0/s1. The summed E-state index contributed by atoms with van der Waals surface area (Å²) in [6.45, 7) is 0.745. The summed E-state index contributed by atoms with van der Waals surface area (Å²) >= 11 is 0. The van der Waals surface area contributed by atoms with Crippen molar-refractivity contribution >= 4 is 5.91 Å². The molecule has 1 aliphatic heterocycles. The molecule has 3 rings (SSSR count). The molecular weight excluding hydrogens is 278 g/mol. The first kappa shape index (κ1) is 15.3. The third-order valence-electron chi connectivity index (χ3n) is 4.52. The summed E-state index contributed by atoms with van der Waals surface area (Å²) in [6.07, 6.45) is 13.2. The predicted molar refractivity (Wildman–Crippen MR) is 84.2 cm³/mol. The van der Waals surface area contributed by atoms with Crippen molar-refractivity contribution in [3.05, 3.63) is 29.6 Å². The third-order valence-corrected chi connectivity index (χ3v) is 4.52. The topological polar surface area (TPSA) is 56.1 Å². The summed E-state index contributed by atoms with van der Waals surface area (Å²) in [7, 11) is 1.90. The van der Waals surface area contributed by atoms with Gasteiger partial charge in [-0.1, -0.05) is 12.5 Å². The van der Waals surface area contributed by atoms with Crippen LogP contribution in [0.5, 0.6) is 0 Å². The molecule has 0 aromatic carbocycles. The van der Waals surface area contributed by atoms with Gasteiger partial charge in [-0.05, 0) is 38.5 Å². The van der Waals surface area contributed by atoms with E-state index in [9.17, 15) is 4.79 Å². The number of carbonyl (C=O) groups excluding carboxylic acids is 1. The molecule has 1 aliphatic carbocycles. The van der Waals surface area contributed by atoms with Gasteiger partial charge < -0.3 is 10.1 Å². The maximum atomic E-state index is 12.5. The van der Waals surface area contributed by atoms with Gasteiger partial charge in [0.2, 0.25) is 5.91 Å². The van der Waals surface area contributed by atoms with Crippen LogP contribution >= 0.6 is 0 Å². The number of rotatable bonds is 3. The van der Waals surface area contributed by atoms with Crippen molar-refractivity contribution in [3.63, 3.8) is 0 Å². The second-order valence-corrected chi connectivity index (χ2v) is 6.29. The van der Waals surface area contributed by atoms with Gasteiger partial charge in [-0.15, -0.1) is 0 Å². The minimum absolute atomic E-state index is 0.0367. The van der Waals surface area contributed by atoms with Crippen LogP contribution in [0, 0.1) is 0 Å². The Kier molecular flexibility index (Phi) is 4.93. The average Bonchev–Trinajstić information content (AvgIpc) is 2.78. The van der Waals surface area contributed by atoms with Gasteiger partial charge in [0.15, 0.2) is 0 Å². The van der Waals surface area contributed by atoms with Crippen molar-refractivity contribution in [2.24, 2.45) is 7.05 Å². The summed E-state index contributed by atoms with van der Waals surface area (Å²) < 4.78 is 7.69. The van der Waals surface area contributed by atoms with Crippen molar-refractivity contribution < 1.29 is 9.53 Å². The van der Waals surface area contributed by atoms with Gasteiger partial charge in [0.1, 0.15) is 6.10 Å². The Balaban J connectivity index is 1.68. The minimum Gasteiger partial charge on any atom is -0.371 e. The largest absolute Gasteiger partial charge is 0.371 e. The van der Waals surface area contributed by atoms with Crippen molar-refractivity contribution in [1.82, 2.24) is 15.1 Å². The van der Waals surface area contributed by atoms with E-state index in [4.69, 9.17) is 4.74 Å². The fraction of sp³-hybridized carbons (Fsp3) is 0.647. The molecule has 5 nitrogen and oxygen atoms in total. The lowest BCUT2D eigenvalue weighted by molar-refractivity contribution is -0.120. The molecule has 5 heteroatoms. The highest BCUT2D eigenvalue weighted by Crippen LogP contribution is 2.28. The normalized spacial score (nSPS) is 26.1. The Morgan fingerprint density at radius 3 is 3.09 bits per heavy atom. The van der Waals surface area contributed by atoms with E-state index in [0.717, 1.165) is 49.8 Å². The number of nitrogens with one attached hydrogen (secondary N) is 1. The molecule has 1 saturated heterocycles. The smallest absolute Gasteiger partial charge is 0.247 e. The second-order valence-electron chi connectivity index (χ2n) is 6.29. The number of nitrogens with zero attached hydrogens (tertiary/aromatic N) is 2. The first-order chi connectivity index (χ1) is 10.7. The molecule has 1 aromatic rings. The van der Waals surface area contributed by atoms with Gasteiger partial charge in [-0.2, -0.15) is 5.10 Å². The fourth-order valence-electron chi connectivity index (χ4n) is 3.33. The van der Waals surface area contributed by atoms with Crippen LogP contribution in [0.15, 0.2) is 24.0 Å². The van der Waals surface area contributed by atoms with Gasteiger partial charge in [0.05, 0.1) is 12.2 Å². The zero-order chi connectivity index (χ0) is 15.4. The molecule has 120 valence electrons. The Morgan fingerprint density at radius 1 is 1.36 bits per heavy atom. The first-order valence-electron chi connectivity index (χ1n) is 8.34. The maximum Gasteiger partial charge on any atom is 0.247 e. The Bertz CT molecular complexity index is 550. The van der Waals surface area contributed by atoms with Gasteiger partial charge in [-0.25, -0.2) is 0 Å². The van der Waals surface area contributed by atoms with Crippen LogP contribution in [0.25, 0.3) is 0 Å². The lowest BCUT2D eigenvalue weighted by Crippen LogP contribution is -2.43. The molecule has 1 aromatic heterocycles. The lowest BCUT2D eigenvalue weighted by Gasteiger charge is -2.32. The van der Waals surface area contributed by atoms with Crippen LogP contribution in [0.2, 0.25) is 0 Å². The van der Waals surface area contributed by atoms with E-state index >= 15 is 0 Å². The van der Waals surface area contributed by atoms with E-state index in [1.807, 2.05) is 19.4 Å². The molecule has 2 heterocycles. The van der Waals surface area contributed by atoms with Crippen LogP contribution in [-0.4, -0.2) is 28.3 Å². The average molecular weight is 303 g/mol. The second kappa shape index (κ2) is 7.09. The molecule has 0 unspecified atom stereocenters. The number of allylic oxidation sites excluding steroid dienone is 1. The minimum atomic E-state index is -0.0854. The molecule has 1 fully saturated rings. The van der Waals surface area contributed by atoms with Gasteiger partial charge in [0, 0.05) is 31.0 Å². The number of aryl methyl sites for hydroxylation is 1. The molecule has 2 aliphatic rings. The fourth-order valence-corrected chi connectivity index (χ4v) is 3.33. The molecule has 1 amide bonds. The number of hydrogen-bond donors (Lipinski definition) is 1. The molecule has 22 heavy (non-hydrogen) atoms. The summed E-state index contributed by atoms with van der Waals surface area (Å²) in [5.74, 6) is 0.0892. The molecule has 1 N–H and O–H groups in total. The van der Waals surface area contributed by atoms with E-state index in [1.165, 1.54) is 12.8 Å². The van der Waals surface area contributed by atoms with Crippen LogP contribution < -0.4 is 5.32 Å². The molecule has 2 atom stereocenters. The van der Waals surface area contributed by atoms with E-state index in [1.54, 1.807) is 4.68 Å². The van der Waals surface area contributed by atoms with E-state index in [2.05, 4.69) is 16.5 Å². The highest BCUT2D eigenvalue weighted by atomic mass is 16.5. The molecule has 0 saturated carbocycles. The number of ether oxygens (including phenoxy) is 1. The quantitative estimate of drug-likeness (QED) is 0.934. The van der Waals surface area contributed by atoms with Crippen LogP contribution in [-0.2, 0) is 16.6 Å². The lowest BCUT2D eigenvalue weighted by atomic mass is 9.97. The summed E-state index contributed by atoms with van der Waals surface area (Å²) in [6, 6.07) is 0.0367. The van der Waals surface area contributed by atoms with E-state index in [-0.39, 0.29) is 18.1 Å². The zero-order valence-corrected chi connectivity index (χ0v) is 13.3. The van der Waals surface area contributed by atoms with E-state index in [0.29, 0.717) is 0 Å².